The number of nitrogens with zero attached hydrogens (tertiary/aromatic N) is 1. The van der Waals surface area contributed by atoms with Crippen LogP contribution in [-0.2, 0) is 4.79 Å². The molecule has 5 rings (SSSR count). The third-order valence-electron chi connectivity index (χ3n) is 5.82. The summed E-state index contributed by atoms with van der Waals surface area (Å²) in [7, 11) is 0. The van der Waals surface area contributed by atoms with Crippen molar-refractivity contribution < 1.29 is 19.1 Å². The van der Waals surface area contributed by atoms with Gasteiger partial charge in [-0.15, -0.1) is 0 Å². The fourth-order valence-corrected chi connectivity index (χ4v) is 4.60. The third-order valence-corrected chi connectivity index (χ3v) is 6.32. The number of aliphatic hydroxyl groups is 1. The van der Waals surface area contributed by atoms with Crippen molar-refractivity contribution in [2.75, 3.05) is 4.90 Å². The number of anilines is 1. The quantitative estimate of drug-likeness (QED) is 0.320. The Balaban J connectivity index is 1.66. The van der Waals surface area contributed by atoms with Crippen LogP contribution < -0.4 is 4.90 Å². The zero-order valence-corrected chi connectivity index (χ0v) is 19.6. The number of carbonyl (C=O) groups is 2. The molecule has 3 aromatic carbocycles. The summed E-state index contributed by atoms with van der Waals surface area (Å²) in [5, 5.41) is 11.7. The van der Waals surface area contributed by atoms with Crippen molar-refractivity contribution in [1.82, 2.24) is 0 Å². The van der Waals surface area contributed by atoms with E-state index in [4.69, 9.17) is 4.42 Å². The van der Waals surface area contributed by atoms with Crippen molar-refractivity contribution in [1.29, 1.82) is 0 Å². The lowest BCUT2D eigenvalue weighted by molar-refractivity contribution is -0.117. The molecule has 33 heavy (non-hydrogen) atoms. The zero-order chi connectivity index (χ0) is 23.3. The Morgan fingerprint density at radius 1 is 0.970 bits per heavy atom. The van der Waals surface area contributed by atoms with Gasteiger partial charge in [0.2, 0.25) is 5.78 Å². The van der Waals surface area contributed by atoms with Gasteiger partial charge in [0.25, 0.3) is 5.91 Å². The lowest BCUT2D eigenvalue weighted by Crippen LogP contribution is -2.31. The predicted molar refractivity (Wildman–Crippen MR) is 130 cm³/mol. The Morgan fingerprint density at radius 3 is 2.45 bits per heavy atom. The van der Waals surface area contributed by atoms with E-state index in [0.29, 0.717) is 11.3 Å². The number of hydrogen-bond donors (Lipinski definition) is 1. The van der Waals surface area contributed by atoms with E-state index >= 15 is 0 Å². The van der Waals surface area contributed by atoms with E-state index < -0.39 is 23.5 Å². The summed E-state index contributed by atoms with van der Waals surface area (Å²) in [6, 6.07) is 21.3. The minimum Gasteiger partial charge on any atom is -0.503 e. The molecule has 0 spiro atoms. The fraction of sp³-hybridized carbons (Fsp3) is 0.111. The molecule has 1 unspecified atom stereocenters. The SMILES string of the molecule is Cc1ccc(N2C(=O)C(O)=C(C(=O)c3cc4cc(Br)ccc4o3)C2c2cccc(C)c2)cc1. The van der Waals surface area contributed by atoms with Crippen molar-refractivity contribution in [2.24, 2.45) is 0 Å². The number of furan rings is 1. The van der Waals surface area contributed by atoms with Gasteiger partial charge in [-0.05, 0) is 55.8 Å². The maximum Gasteiger partial charge on any atom is 0.294 e. The van der Waals surface area contributed by atoms with E-state index in [1.807, 2.05) is 74.5 Å². The number of Topliss-reactive ketones (excluding diaryl/α,β-unsaturated/α-hetero) is 1. The van der Waals surface area contributed by atoms with Gasteiger partial charge in [0, 0.05) is 15.5 Å². The minimum atomic E-state index is -0.785. The van der Waals surface area contributed by atoms with Gasteiger partial charge in [0.1, 0.15) is 5.58 Å². The molecule has 0 bridgehead atoms. The van der Waals surface area contributed by atoms with Crippen molar-refractivity contribution in [3.8, 4) is 0 Å². The highest BCUT2D eigenvalue weighted by molar-refractivity contribution is 9.10. The number of benzene rings is 3. The number of aryl methyl sites for hydroxylation is 2. The predicted octanol–water partition coefficient (Wildman–Crippen LogP) is 6.60. The summed E-state index contributed by atoms with van der Waals surface area (Å²) in [6.45, 7) is 3.90. The number of ketones is 1. The standard InChI is InChI=1S/C27H20BrNO4/c1-15-6-9-20(10-7-15)29-24(17-5-3-4-16(2)12-17)23(26(31)27(29)32)25(30)22-14-18-13-19(28)8-11-21(18)33-22/h3-14,24,31H,1-2H3. The molecule has 0 fully saturated rings. The lowest BCUT2D eigenvalue weighted by Gasteiger charge is -2.27. The second-order valence-corrected chi connectivity index (χ2v) is 9.13. The smallest absolute Gasteiger partial charge is 0.294 e. The van der Waals surface area contributed by atoms with E-state index in [-0.39, 0.29) is 11.3 Å². The number of fused-ring (bicyclic) bond motifs is 1. The minimum absolute atomic E-state index is 0.00398. The fourth-order valence-electron chi connectivity index (χ4n) is 4.22. The van der Waals surface area contributed by atoms with E-state index in [1.165, 1.54) is 4.90 Å². The monoisotopic (exact) mass is 501 g/mol. The number of aliphatic hydroxyl groups excluding tert-OH is 1. The molecular formula is C27H20BrNO4. The van der Waals surface area contributed by atoms with Crippen LogP contribution in [0.1, 0.15) is 33.3 Å². The molecule has 0 saturated heterocycles. The van der Waals surface area contributed by atoms with Crippen molar-refractivity contribution in [2.45, 2.75) is 19.9 Å². The van der Waals surface area contributed by atoms with Crippen molar-refractivity contribution in [3.05, 3.63) is 111 Å². The van der Waals surface area contributed by atoms with Crippen molar-refractivity contribution >= 4 is 44.3 Å². The Kier molecular flexibility index (Phi) is 5.17. The van der Waals surface area contributed by atoms with Gasteiger partial charge in [-0.1, -0.05) is 63.5 Å². The van der Waals surface area contributed by atoms with Crippen LogP contribution in [0.25, 0.3) is 11.0 Å². The molecule has 1 aromatic heterocycles. The van der Waals surface area contributed by atoms with Gasteiger partial charge in [-0.2, -0.15) is 0 Å². The lowest BCUT2D eigenvalue weighted by atomic mass is 9.93. The molecule has 1 N–H and O–H groups in total. The van der Waals surface area contributed by atoms with Crippen LogP contribution >= 0.6 is 15.9 Å². The molecule has 1 amide bonds. The van der Waals surface area contributed by atoms with Crippen LogP contribution in [0.5, 0.6) is 0 Å². The molecule has 0 aliphatic carbocycles. The number of amides is 1. The van der Waals surface area contributed by atoms with Crippen LogP contribution in [0.15, 0.2) is 93.0 Å². The average molecular weight is 502 g/mol. The summed E-state index contributed by atoms with van der Waals surface area (Å²) in [5.41, 5.74) is 3.91. The summed E-state index contributed by atoms with van der Waals surface area (Å²) in [4.78, 5) is 28.4. The van der Waals surface area contributed by atoms with E-state index in [2.05, 4.69) is 15.9 Å². The normalized spacial score (nSPS) is 16.2. The number of hydrogen-bond acceptors (Lipinski definition) is 4. The molecule has 6 heteroatoms. The van der Waals surface area contributed by atoms with Gasteiger partial charge in [-0.25, -0.2) is 0 Å². The van der Waals surface area contributed by atoms with Crippen LogP contribution in [0, 0.1) is 13.8 Å². The summed E-state index contributed by atoms with van der Waals surface area (Å²) < 4.78 is 6.66. The summed E-state index contributed by atoms with van der Waals surface area (Å²) in [6.07, 6.45) is 0. The number of rotatable bonds is 4. The van der Waals surface area contributed by atoms with Gasteiger partial charge in [0.05, 0.1) is 11.6 Å². The molecule has 1 aliphatic heterocycles. The topological polar surface area (TPSA) is 70.8 Å². The molecule has 164 valence electrons. The van der Waals surface area contributed by atoms with Crippen molar-refractivity contribution in [3.63, 3.8) is 0 Å². The number of carbonyl (C=O) groups excluding carboxylic acids is 2. The Morgan fingerprint density at radius 2 is 1.73 bits per heavy atom. The van der Waals surface area contributed by atoms with Crippen LogP contribution in [0.3, 0.4) is 0 Å². The molecular weight excluding hydrogens is 482 g/mol. The molecule has 5 nitrogen and oxygen atoms in total. The molecule has 1 aliphatic rings. The van der Waals surface area contributed by atoms with E-state index in [9.17, 15) is 14.7 Å². The maximum atomic E-state index is 13.7. The van der Waals surface area contributed by atoms with Gasteiger partial charge in [0.15, 0.2) is 11.5 Å². The highest BCUT2D eigenvalue weighted by atomic mass is 79.9. The molecule has 1 atom stereocenters. The second kappa shape index (κ2) is 8.05. The molecule has 0 saturated carbocycles. The van der Waals surface area contributed by atoms with Gasteiger partial charge >= 0.3 is 0 Å². The van der Waals surface area contributed by atoms with Gasteiger partial charge < -0.3 is 9.52 Å². The highest BCUT2D eigenvalue weighted by Crippen LogP contribution is 2.42. The zero-order valence-electron chi connectivity index (χ0n) is 18.0. The Labute approximate surface area is 199 Å². The second-order valence-electron chi connectivity index (χ2n) is 8.21. The highest BCUT2D eigenvalue weighted by Gasteiger charge is 2.45. The van der Waals surface area contributed by atoms with Crippen LogP contribution in [-0.4, -0.2) is 16.8 Å². The third kappa shape index (κ3) is 3.66. The molecule has 4 aromatic rings. The first kappa shape index (κ1) is 21.2. The largest absolute Gasteiger partial charge is 0.503 e. The number of halogens is 1. The first-order chi connectivity index (χ1) is 15.8. The average Bonchev–Trinajstić information content (AvgIpc) is 3.33. The maximum absolute atomic E-state index is 13.7. The van der Waals surface area contributed by atoms with E-state index in [0.717, 1.165) is 26.5 Å². The Hall–Kier alpha value is -3.64. The summed E-state index contributed by atoms with van der Waals surface area (Å²) >= 11 is 3.42. The first-order valence-corrected chi connectivity index (χ1v) is 11.3. The Bertz CT molecular complexity index is 1450. The van der Waals surface area contributed by atoms with E-state index in [1.54, 1.807) is 12.1 Å². The molecule has 0 radical (unpaired) electrons. The van der Waals surface area contributed by atoms with Gasteiger partial charge in [-0.3, -0.25) is 14.5 Å². The van der Waals surface area contributed by atoms with Crippen LogP contribution in [0.4, 0.5) is 5.69 Å². The first-order valence-electron chi connectivity index (χ1n) is 10.5. The van der Waals surface area contributed by atoms with Crippen LogP contribution in [0.2, 0.25) is 0 Å². The molecule has 2 heterocycles. The summed E-state index contributed by atoms with van der Waals surface area (Å²) in [5.74, 6) is -1.63.